The van der Waals surface area contributed by atoms with E-state index in [2.05, 4.69) is 0 Å². The Labute approximate surface area is 177 Å². The minimum atomic E-state index is -0.285. The molecule has 4 rings (SSSR count). The van der Waals surface area contributed by atoms with Gasteiger partial charge in [0, 0.05) is 11.8 Å². The third kappa shape index (κ3) is 3.89. The molecule has 0 aliphatic rings. The maximum absolute atomic E-state index is 13.4. The Morgan fingerprint density at radius 2 is 1.77 bits per heavy atom. The van der Waals surface area contributed by atoms with E-state index in [-0.39, 0.29) is 11.4 Å². The van der Waals surface area contributed by atoms with Crippen molar-refractivity contribution in [3.05, 3.63) is 88.5 Å². The molecule has 7 heteroatoms. The van der Waals surface area contributed by atoms with Crippen molar-refractivity contribution in [2.45, 2.75) is 10.9 Å². The van der Waals surface area contributed by atoms with Gasteiger partial charge in [-0.1, -0.05) is 36.0 Å². The second-order valence-electron chi connectivity index (χ2n) is 6.51. The topological polar surface area (TPSA) is 53.4 Å². The monoisotopic (exact) mass is 422 g/mol. The molecule has 1 aromatic heterocycles. The van der Waals surface area contributed by atoms with Crippen LogP contribution in [0.5, 0.6) is 11.5 Å². The lowest BCUT2D eigenvalue weighted by atomic mass is 10.2. The molecular weight excluding hydrogens is 403 g/mol. The van der Waals surface area contributed by atoms with E-state index in [1.54, 1.807) is 55.2 Å². The number of hydrogen-bond donors (Lipinski definition) is 0. The second-order valence-corrected chi connectivity index (χ2v) is 7.45. The molecule has 0 spiro atoms. The van der Waals surface area contributed by atoms with Gasteiger partial charge < -0.3 is 9.47 Å². The Morgan fingerprint density at radius 1 is 1.00 bits per heavy atom. The summed E-state index contributed by atoms with van der Waals surface area (Å²) in [6.07, 6.45) is 0. The number of para-hydroxylation sites is 1. The van der Waals surface area contributed by atoms with Crippen LogP contribution in [0.15, 0.2) is 76.7 Å². The molecule has 0 aliphatic carbocycles. The summed E-state index contributed by atoms with van der Waals surface area (Å²) < 4.78 is 25.6. The van der Waals surface area contributed by atoms with Gasteiger partial charge in [0.05, 0.1) is 30.8 Å². The molecule has 0 aliphatic heterocycles. The molecule has 0 bridgehead atoms. The van der Waals surface area contributed by atoms with Crippen LogP contribution in [0.2, 0.25) is 0 Å². The maximum Gasteiger partial charge on any atom is 0.266 e. The number of aromatic nitrogens is 2. The summed E-state index contributed by atoms with van der Waals surface area (Å²) in [5, 5.41) is 1.04. The van der Waals surface area contributed by atoms with Crippen LogP contribution >= 0.6 is 11.8 Å². The summed E-state index contributed by atoms with van der Waals surface area (Å²) >= 11 is 1.40. The maximum atomic E-state index is 13.4. The van der Waals surface area contributed by atoms with E-state index in [1.165, 1.54) is 23.9 Å². The van der Waals surface area contributed by atoms with Crippen molar-refractivity contribution < 1.29 is 13.9 Å². The average molecular weight is 422 g/mol. The molecule has 0 saturated carbocycles. The van der Waals surface area contributed by atoms with Gasteiger partial charge in [-0.15, -0.1) is 0 Å². The predicted molar refractivity (Wildman–Crippen MR) is 116 cm³/mol. The highest BCUT2D eigenvalue weighted by Gasteiger charge is 2.17. The van der Waals surface area contributed by atoms with Crippen molar-refractivity contribution in [2.75, 3.05) is 14.2 Å². The molecule has 0 amide bonds. The third-order valence-electron chi connectivity index (χ3n) is 4.65. The number of benzene rings is 3. The van der Waals surface area contributed by atoms with Crippen LogP contribution in [0, 0.1) is 5.82 Å². The van der Waals surface area contributed by atoms with Crippen LogP contribution in [0.3, 0.4) is 0 Å². The summed E-state index contributed by atoms with van der Waals surface area (Å²) in [7, 11) is 3.12. The van der Waals surface area contributed by atoms with E-state index in [0.29, 0.717) is 39.0 Å². The Hall–Kier alpha value is -3.32. The van der Waals surface area contributed by atoms with Gasteiger partial charge in [0.25, 0.3) is 5.56 Å². The fourth-order valence-corrected chi connectivity index (χ4v) is 4.08. The van der Waals surface area contributed by atoms with Crippen LogP contribution in [0.1, 0.15) is 5.56 Å². The number of thioether (sulfide) groups is 1. The highest BCUT2D eigenvalue weighted by molar-refractivity contribution is 7.98. The first-order chi connectivity index (χ1) is 14.6. The smallest absolute Gasteiger partial charge is 0.266 e. The van der Waals surface area contributed by atoms with Crippen LogP contribution in [-0.4, -0.2) is 23.8 Å². The molecule has 30 heavy (non-hydrogen) atoms. The zero-order valence-corrected chi connectivity index (χ0v) is 17.3. The highest BCUT2D eigenvalue weighted by atomic mass is 32.2. The van der Waals surface area contributed by atoms with E-state index in [1.807, 2.05) is 18.2 Å². The van der Waals surface area contributed by atoms with Crippen molar-refractivity contribution in [1.29, 1.82) is 0 Å². The van der Waals surface area contributed by atoms with Gasteiger partial charge in [0.1, 0.15) is 17.3 Å². The zero-order valence-electron chi connectivity index (χ0n) is 16.5. The largest absolute Gasteiger partial charge is 0.497 e. The standard InChI is InChI=1S/C23H19FN2O3S/c1-28-17-11-12-20(21(13-17)29-2)26-22(27)18-5-3-4-6-19(18)25-23(26)30-14-15-7-9-16(24)10-8-15/h3-13H,14H2,1-2H3. The molecule has 1 heterocycles. The van der Waals surface area contributed by atoms with Gasteiger partial charge >= 0.3 is 0 Å². The normalized spacial score (nSPS) is 10.9. The Balaban J connectivity index is 1.86. The lowest BCUT2D eigenvalue weighted by molar-refractivity contribution is 0.392. The fourth-order valence-electron chi connectivity index (χ4n) is 3.12. The highest BCUT2D eigenvalue weighted by Crippen LogP contribution is 2.31. The Morgan fingerprint density at radius 3 is 2.50 bits per heavy atom. The number of halogens is 1. The van der Waals surface area contributed by atoms with Crippen LogP contribution < -0.4 is 15.0 Å². The molecular formula is C23H19FN2O3S. The number of nitrogens with zero attached hydrogens (tertiary/aromatic N) is 2. The molecule has 0 N–H and O–H groups in total. The minimum Gasteiger partial charge on any atom is -0.497 e. The summed E-state index contributed by atoms with van der Waals surface area (Å²) in [6, 6.07) is 18.8. The minimum absolute atomic E-state index is 0.189. The quantitative estimate of drug-likeness (QED) is 0.329. The summed E-state index contributed by atoms with van der Waals surface area (Å²) in [5.41, 5.74) is 1.93. The third-order valence-corrected chi connectivity index (χ3v) is 5.66. The first kappa shape index (κ1) is 20.0. The number of hydrogen-bond acceptors (Lipinski definition) is 5. The molecule has 152 valence electrons. The lowest BCUT2D eigenvalue weighted by Crippen LogP contribution is -2.22. The van der Waals surface area contributed by atoms with E-state index in [9.17, 15) is 9.18 Å². The summed E-state index contributed by atoms with van der Waals surface area (Å²) in [4.78, 5) is 18.1. The Bertz CT molecular complexity index is 1260. The molecule has 3 aromatic carbocycles. The SMILES string of the molecule is COc1ccc(-n2c(SCc3ccc(F)cc3)nc3ccccc3c2=O)c(OC)c1. The van der Waals surface area contributed by atoms with E-state index in [4.69, 9.17) is 14.5 Å². The van der Waals surface area contributed by atoms with Crippen LogP contribution in [0.4, 0.5) is 4.39 Å². The van der Waals surface area contributed by atoms with Crippen LogP contribution in [-0.2, 0) is 5.75 Å². The van der Waals surface area contributed by atoms with Crippen molar-refractivity contribution in [2.24, 2.45) is 0 Å². The van der Waals surface area contributed by atoms with Crippen molar-refractivity contribution in [1.82, 2.24) is 9.55 Å². The van der Waals surface area contributed by atoms with Gasteiger partial charge in [0.2, 0.25) is 0 Å². The molecule has 0 atom stereocenters. The van der Waals surface area contributed by atoms with Gasteiger partial charge in [-0.3, -0.25) is 9.36 Å². The number of rotatable bonds is 6. The predicted octanol–water partition coefficient (Wildman–Crippen LogP) is 4.83. The first-order valence-corrected chi connectivity index (χ1v) is 10.2. The van der Waals surface area contributed by atoms with Gasteiger partial charge in [-0.05, 0) is 42.0 Å². The van der Waals surface area contributed by atoms with E-state index < -0.39 is 0 Å². The lowest BCUT2D eigenvalue weighted by Gasteiger charge is -2.16. The van der Waals surface area contributed by atoms with Crippen molar-refractivity contribution in [3.8, 4) is 17.2 Å². The van der Waals surface area contributed by atoms with Crippen LogP contribution in [0.25, 0.3) is 16.6 Å². The van der Waals surface area contributed by atoms with Crippen molar-refractivity contribution >= 4 is 22.7 Å². The number of methoxy groups -OCH3 is 2. The summed E-state index contributed by atoms with van der Waals surface area (Å²) in [6.45, 7) is 0. The van der Waals surface area contributed by atoms with Gasteiger partial charge in [0.15, 0.2) is 5.16 Å². The molecule has 0 unspecified atom stereocenters. The number of ether oxygens (including phenoxy) is 2. The fraction of sp³-hybridized carbons (Fsp3) is 0.130. The molecule has 4 aromatic rings. The average Bonchev–Trinajstić information content (AvgIpc) is 2.78. The molecule has 0 fully saturated rings. The second kappa shape index (κ2) is 8.59. The molecule has 0 radical (unpaired) electrons. The van der Waals surface area contributed by atoms with Crippen molar-refractivity contribution in [3.63, 3.8) is 0 Å². The number of fused-ring (bicyclic) bond motifs is 1. The molecule has 0 saturated heterocycles. The van der Waals surface area contributed by atoms with E-state index in [0.717, 1.165) is 5.56 Å². The Kier molecular flexibility index (Phi) is 5.72. The molecule has 5 nitrogen and oxygen atoms in total. The zero-order chi connectivity index (χ0) is 21.1. The van der Waals surface area contributed by atoms with Gasteiger partial charge in [-0.2, -0.15) is 0 Å². The van der Waals surface area contributed by atoms with E-state index >= 15 is 0 Å². The van der Waals surface area contributed by atoms with Gasteiger partial charge in [-0.25, -0.2) is 9.37 Å². The first-order valence-electron chi connectivity index (χ1n) is 9.22. The summed E-state index contributed by atoms with van der Waals surface area (Å²) in [5.74, 6) is 1.37.